The molecule has 0 bridgehead atoms. The number of carbonyl (C=O) groups excluding carboxylic acids is 1. The van der Waals surface area contributed by atoms with Crippen molar-refractivity contribution in [2.45, 2.75) is 12.5 Å². The summed E-state index contributed by atoms with van der Waals surface area (Å²) < 4.78 is 1.01. The molecule has 118 valence electrons. The van der Waals surface area contributed by atoms with E-state index in [1.807, 2.05) is 54.6 Å². The third-order valence-corrected chi connectivity index (χ3v) is 4.46. The van der Waals surface area contributed by atoms with E-state index in [-0.39, 0.29) is 12.6 Å². The zero-order valence-corrected chi connectivity index (χ0v) is 13.4. The number of nitrogens with zero attached hydrogens (tertiary/aromatic N) is 1. The molecular weight excluding hydrogens is 310 g/mol. The molecule has 1 heterocycles. The number of hydrogen-bond donors (Lipinski definition) is 3. The zero-order chi connectivity index (χ0) is 16.3. The zero-order valence-electron chi connectivity index (χ0n) is 12.6. The first-order chi connectivity index (χ1) is 11.0. The van der Waals surface area contributed by atoms with Crippen LogP contribution < -0.4 is 10.6 Å². The Kier molecular flexibility index (Phi) is 4.27. The van der Waals surface area contributed by atoms with Gasteiger partial charge in [-0.25, -0.2) is 9.78 Å². The van der Waals surface area contributed by atoms with Gasteiger partial charge in [0.1, 0.15) is 5.60 Å². The average Bonchev–Trinajstić information content (AvgIpc) is 2.96. The van der Waals surface area contributed by atoms with E-state index in [0.29, 0.717) is 5.13 Å². The Hall–Kier alpha value is -2.44. The number of nitrogens with one attached hydrogen (secondary N) is 2. The van der Waals surface area contributed by atoms with Gasteiger partial charge in [-0.3, -0.25) is 5.32 Å². The maximum Gasteiger partial charge on any atom is 0.321 e. The number of anilines is 1. The molecule has 0 aliphatic carbocycles. The molecule has 3 rings (SSSR count). The van der Waals surface area contributed by atoms with Gasteiger partial charge in [0.2, 0.25) is 0 Å². The lowest BCUT2D eigenvalue weighted by Crippen LogP contribution is -2.40. The van der Waals surface area contributed by atoms with Crippen molar-refractivity contribution in [1.29, 1.82) is 0 Å². The molecule has 2 amide bonds. The maximum atomic E-state index is 12.0. The Labute approximate surface area is 138 Å². The number of hydrogen-bond acceptors (Lipinski definition) is 4. The lowest BCUT2D eigenvalue weighted by atomic mass is 9.96. The largest absolute Gasteiger partial charge is 0.384 e. The fourth-order valence-corrected chi connectivity index (χ4v) is 3.08. The number of urea groups is 1. The molecule has 6 heteroatoms. The second-order valence-corrected chi connectivity index (χ2v) is 6.46. The first-order valence-corrected chi connectivity index (χ1v) is 8.04. The molecule has 23 heavy (non-hydrogen) atoms. The van der Waals surface area contributed by atoms with Crippen LogP contribution in [0.2, 0.25) is 0 Å². The molecule has 0 aliphatic heterocycles. The van der Waals surface area contributed by atoms with E-state index < -0.39 is 5.60 Å². The summed E-state index contributed by atoms with van der Waals surface area (Å²) in [4.78, 5) is 16.3. The summed E-state index contributed by atoms with van der Waals surface area (Å²) in [5.74, 6) is 0. The summed E-state index contributed by atoms with van der Waals surface area (Å²) in [6.07, 6.45) is 0. The van der Waals surface area contributed by atoms with Crippen LogP contribution in [0.15, 0.2) is 54.6 Å². The van der Waals surface area contributed by atoms with Crippen molar-refractivity contribution in [3.05, 3.63) is 60.2 Å². The van der Waals surface area contributed by atoms with Crippen molar-refractivity contribution in [1.82, 2.24) is 10.3 Å². The molecule has 1 unspecified atom stereocenters. The number of aromatic nitrogens is 1. The smallest absolute Gasteiger partial charge is 0.321 e. The number of fused-ring (bicyclic) bond motifs is 1. The van der Waals surface area contributed by atoms with Crippen molar-refractivity contribution >= 4 is 32.7 Å². The molecule has 3 N–H and O–H groups in total. The van der Waals surface area contributed by atoms with Crippen LogP contribution in [0, 0.1) is 0 Å². The van der Waals surface area contributed by atoms with Gasteiger partial charge in [-0.05, 0) is 24.6 Å². The van der Waals surface area contributed by atoms with Crippen LogP contribution in [-0.2, 0) is 5.60 Å². The minimum atomic E-state index is -1.13. The monoisotopic (exact) mass is 327 g/mol. The van der Waals surface area contributed by atoms with Gasteiger partial charge in [-0.2, -0.15) is 0 Å². The number of thiazole rings is 1. The van der Waals surface area contributed by atoms with E-state index in [0.717, 1.165) is 15.8 Å². The lowest BCUT2D eigenvalue weighted by Gasteiger charge is -2.24. The third kappa shape index (κ3) is 3.67. The predicted molar refractivity (Wildman–Crippen MR) is 92.7 cm³/mol. The molecule has 3 aromatic rings. The molecule has 1 atom stereocenters. The Morgan fingerprint density at radius 3 is 2.61 bits per heavy atom. The van der Waals surface area contributed by atoms with Gasteiger partial charge in [0, 0.05) is 0 Å². The molecule has 2 aromatic carbocycles. The summed E-state index contributed by atoms with van der Waals surface area (Å²) >= 11 is 1.41. The van der Waals surface area contributed by atoms with Crippen LogP contribution in [0.4, 0.5) is 9.93 Å². The molecule has 1 aromatic heterocycles. The van der Waals surface area contributed by atoms with E-state index in [2.05, 4.69) is 15.6 Å². The van der Waals surface area contributed by atoms with Gasteiger partial charge in [-0.15, -0.1) is 0 Å². The summed E-state index contributed by atoms with van der Waals surface area (Å²) in [5.41, 5.74) is 0.469. The highest BCUT2D eigenvalue weighted by molar-refractivity contribution is 7.22. The first-order valence-electron chi connectivity index (χ1n) is 7.23. The van der Waals surface area contributed by atoms with Crippen molar-refractivity contribution in [3.63, 3.8) is 0 Å². The minimum absolute atomic E-state index is 0.105. The van der Waals surface area contributed by atoms with E-state index in [1.165, 1.54) is 11.3 Å². The number of aliphatic hydroxyl groups is 1. The third-order valence-electron chi connectivity index (χ3n) is 3.50. The molecule has 0 spiro atoms. The summed E-state index contributed by atoms with van der Waals surface area (Å²) in [6.45, 7) is 1.77. The van der Waals surface area contributed by atoms with Gasteiger partial charge in [-0.1, -0.05) is 53.8 Å². The maximum absolute atomic E-state index is 12.0. The molecular formula is C17H17N3O2S. The first kappa shape index (κ1) is 15.5. The number of rotatable bonds is 4. The quantitative estimate of drug-likeness (QED) is 0.688. The van der Waals surface area contributed by atoms with Gasteiger partial charge < -0.3 is 10.4 Å². The second-order valence-electron chi connectivity index (χ2n) is 5.43. The Bertz CT molecular complexity index is 782. The van der Waals surface area contributed by atoms with Gasteiger partial charge in [0.25, 0.3) is 0 Å². The topological polar surface area (TPSA) is 74.2 Å². The fourth-order valence-electron chi connectivity index (χ4n) is 2.22. The van der Waals surface area contributed by atoms with Crippen molar-refractivity contribution < 1.29 is 9.90 Å². The van der Waals surface area contributed by atoms with Crippen LogP contribution in [0.1, 0.15) is 12.5 Å². The second kappa shape index (κ2) is 6.36. The Morgan fingerprint density at radius 2 is 1.87 bits per heavy atom. The van der Waals surface area contributed by atoms with Crippen LogP contribution in [-0.4, -0.2) is 22.7 Å². The van der Waals surface area contributed by atoms with E-state index in [4.69, 9.17) is 0 Å². The fraction of sp³-hybridized carbons (Fsp3) is 0.176. The molecule has 0 saturated heterocycles. The average molecular weight is 327 g/mol. The minimum Gasteiger partial charge on any atom is -0.384 e. The van der Waals surface area contributed by atoms with Gasteiger partial charge >= 0.3 is 6.03 Å². The van der Waals surface area contributed by atoms with Crippen LogP contribution >= 0.6 is 11.3 Å². The standard InChI is InChI=1S/C17H17N3O2S/c1-17(22,12-7-3-2-4-8-12)11-18-15(21)20-16-19-13-9-5-6-10-14(13)23-16/h2-10,22H,11H2,1H3,(H2,18,19,20,21). The number of amides is 2. The summed E-state index contributed by atoms with van der Waals surface area (Å²) in [6, 6.07) is 16.5. The number of benzene rings is 2. The van der Waals surface area contributed by atoms with E-state index in [9.17, 15) is 9.90 Å². The Morgan fingerprint density at radius 1 is 1.17 bits per heavy atom. The highest BCUT2D eigenvalue weighted by Crippen LogP contribution is 2.25. The van der Waals surface area contributed by atoms with Crippen molar-refractivity contribution in [3.8, 4) is 0 Å². The van der Waals surface area contributed by atoms with Crippen LogP contribution in [0.25, 0.3) is 10.2 Å². The molecule has 0 radical (unpaired) electrons. The lowest BCUT2D eigenvalue weighted by molar-refractivity contribution is 0.0599. The molecule has 0 fully saturated rings. The van der Waals surface area contributed by atoms with Crippen LogP contribution in [0.5, 0.6) is 0 Å². The highest BCUT2D eigenvalue weighted by atomic mass is 32.1. The number of carbonyl (C=O) groups is 1. The van der Waals surface area contributed by atoms with Gasteiger partial charge in [0.05, 0.1) is 16.8 Å². The van der Waals surface area contributed by atoms with E-state index >= 15 is 0 Å². The molecule has 0 aliphatic rings. The number of para-hydroxylation sites is 1. The molecule has 0 saturated carbocycles. The Balaban J connectivity index is 1.61. The molecule has 5 nitrogen and oxygen atoms in total. The highest BCUT2D eigenvalue weighted by Gasteiger charge is 2.23. The summed E-state index contributed by atoms with van der Waals surface area (Å²) in [7, 11) is 0. The van der Waals surface area contributed by atoms with Crippen molar-refractivity contribution in [2.24, 2.45) is 0 Å². The SMILES string of the molecule is CC(O)(CNC(=O)Nc1nc2ccccc2s1)c1ccccc1. The van der Waals surface area contributed by atoms with E-state index in [1.54, 1.807) is 6.92 Å². The normalized spacial score (nSPS) is 13.5. The van der Waals surface area contributed by atoms with Crippen molar-refractivity contribution in [2.75, 3.05) is 11.9 Å². The van der Waals surface area contributed by atoms with Crippen LogP contribution in [0.3, 0.4) is 0 Å². The summed E-state index contributed by atoms with van der Waals surface area (Å²) in [5, 5.41) is 16.4. The predicted octanol–water partition coefficient (Wildman–Crippen LogP) is 3.33. The van der Waals surface area contributed by atoms with Gasteiger partial charge in [0.15, 0.2) is 5.13 Å².